The first-order chi connectivity index (χ1) is 12.2. The number of thiophene rings is 1. The minimum absolute atomic E-state index is 0.229. The Morgan fingerprint density at radius 3 is 2.64 bits per heavy atom. The average molecular weight is 358 g/mol. The molecule has 1 heterocycles. The zero-order chi connectivity index (χ0) is 17.9. The van der Waals surface area contributed by atoms with Crippen LogP contribution in [0.3, 0.4) is 0 Å². The first-order valence-electron chi connectivity index (χ1n) is 8.18. The maximum atomic E-state index is 12.4. The number of hydrogen-bond donors (Lipinski definition) is 2. The summed E-state index contributed by atoms with van der Waals surface area (Å²) in [6.07, 6.45) is 2.40. The van der Waals surface area contributed by atoms with Crippen LogP contribution in [0, 0.1) is 0 Å². The van der Waals surface area contributed by atoms with Crippen LogP contribution in [0.4, 0.5) is 0 Å². The monoisotopic (exact) mass is 358 g/mol. The van der Waals surface area contributed by atoms with Gasteiger partial charge in [-0.2, -0.15) is 0 Å². The third-order valence-electron chi connectivity index (χ3n) is 3.31. The summed E-state index contributed by atoms with van der Waals surface area (Å²) in [5.41, 5.74) is 0.733. The summed E-state index contributed by atoms with van der Waals surface area (Å²) in [7, 11) is 0. The van der Waals surface area contributed by atoms with Crippen LogP contribution >= 0.6 is 11.3 Å². The molecule has 0 radical (unpaired) electrons. The molecule has 5 nitrogen and oxygen atoms in total. The van der Waals surface area contributed by atoms with E-state index in [9.17, 15) is 9.59 Å². The van der Waals surface area contributed by atoms with Crippen molar-refractivity contribution in [3.8, 4) is 0 Å². The van der Waals surface area contributed by atoms with Crippen LogP contribution in [-0.2, 0) is 9.53 Å². The normalized spacial score (nSPS) is 11.2. The van der Waals surface area contributed by atoms with Crippen LogP contribution in [0.25, 0.3) is 6.08 Å². The van der Waals surface area contributed by atoms with Crippen molar-refractivity contribution in [3.63, 3.8) is 0 Å². The molecular weight excluding hydrogens is 336 g/mol. The van der Waals surface area contributed by atoms with E-state index >= 15 is 0 Å². The topological polar surface area (TPSA) is 67.4 Å². The first-order valence-corrected chi connectivity index (χ1v) is 9.06. The van der Waals surface area contributed by atoms with Gasteiger partial charge in [-0.15, -0.1) is 11.3 Å². The molecule has 25 heavy (non-hydrogen) atoms. The summed E-state index contributed by atoms with van der Waals surface area (Å²) in [5, 5.41) is 7.44. The zero-order valence-electron chi connectivity index (χ0n) is 14.2. The summed E-state index contributed by atoms with van der Waals surface area (Å²) in [6.45, 7) is 3.67. The second kappa shape index (κ2) is 10.4. The van der Waals surface area contributed by atoms with Crippen LogP contribution in [0.2, 0.25) is 0 Å². The summed E-state index contributed by atoms with van der Waals surface area (Å²) in [4.78, 5) is 25.7. The van der Waals surface area contributed by atoms with Gasteiger partial charge in [0.05, 0.1) is 0 Å². The lowest BCUT2D eigenvalue weighted by Gasteiger charge is -2.11. The number of benzene rings is 1. The lowest BCUT2D eigenvalue weighted by Crippen LogP contribution is -2.35. The summed E-state index contributed by atoms with van der Waals surface area (Å²) >= 11 is 1.50. The SMILES string of the molecule is CCOCCCNC(=O)/C(=C/c1cccs1)NC(=O)c1ccccc1. The number of carbonyl (C=O) groups excluding carboxylic acids is 2. The van der Waals surface area contributed by atoms with Gasteiger partial charge in [0.1, 0.15) is 5.70 Å². The Morgan fingerprint density at radius 2 is 1.96 bits per heavy atom. The van der Waals surface area contributed by atoms with E-state index in [4.69, 9.17) is 4.74 Å². The predicted octanol–water partition coefficient (Wildman–Crippen LogP) is 3.06. The molecule has 0 fully saturated rings. The van der Waals surface area contributed by atoms with Crippen LogP contribution < -0.4 is 10.6 Å². The zero-order valence-corrected chi connectivity index (χ0v) is 15.0. The van der Waals surface area contributed by atoms with Crippen LogP contribution in [0.5, 0.6) is 0 Å². The fourth-order valence-corrected chi connectivity index (χ4v) is 2.73. The standard InChI is InChI=1S/C19H22N2O3S/c1-2-24-12-7-11-20-19(23)17(14-16-10-6-13-25-16)21-18(22)15-8-4-3-5-9-15/h3-6,8-10,13-14H,2,7,11-12H2,1H3,(H,20,23)(H,21,22)/b17-14-. The molecule has 0 aliphatic rings. The Labute approximate surface area is 151 Å². The molecule has 0 spiro atoms. The van der Waals surface area contributed by atoms with Gasteiger partial charge in [-0.05, 0) is 43.0 Å². The van der Waals surface area contributed by atoms with Crippen LogP contribution in [0.1, 0.15) is 28.6 Å². The molecule has 0 saturated heterocycles. The van der Waals surface area contributed by atoms with E-state index in [0.29, 0.717) is 25.3 Å². The summed E-state index contributed by atoms with van der Waals surface area (Å²) in [5.74, 6) is -0.623. The quantitative estimate of drug-likeness (QED) is 0.535. The molecule has 2 rings (SSSR count). The van der Waals surface area contributed by atoms with Gasteiger partial charge in [-0.25, -0.2) is 0 Å². The third kappa shape index (κ3) is 6.52. The molecule has 2 N–H and O–H groups in total. The van der Waals surface area contributed by atoms with Gasteiger partial charge in [0, 0.05) is 30.2 Å². The highest BCUT2D eigenvalue weighted by Gasteiger charge is 2.14. The van der Waals surface area contributed by atoms with Gasteiger partial charge in [-0.1, -0.05) is 24.3 Å². The highest BCUT2D eigenvalue weighted by Crippen LogP contribution is 2.13. The molecule has 2 aromatic rings. The molecule has 132 valence electrons. The Morgan fingerprint density at radius 1 is 1.16 bits per heavy atom. The minimum Gasteiger partial charge on any atom is -0.382 e. The second-order valence-corrected chi connectivity index (χ2v) is 6.18. The van der Waals surface area contributed by atoms with Gasteiger partial charge in [0.15, 0.2) is 0 Å². The molecule has 1 aromatic heterocycles. The molecule has 2 amide bonds. The number of rotatable bonds is 9. The molecule has 6 heteroatoms. The fourth-order valence-electron chi connectivity index (χ4n) is 2.07. The number of ether oxygens (including phenoxy) is 1. The van der Waals surface area contributed by atoms with E-state index in [-0.39, 0.29) is 17.5 Å². The number of amides is 2. The van der Waals surface area contributed by atoms with E-state index in [1.807, 2.05) is 30.5 Å². The van der Waals surface area contributed by atoms with Gasteiger partial charge < -0.3 is 15.4 Å². The van der Waals surface area contributed by atoms with E-state index in [1.165, 1.54) is 11.3 Å². The van der Waals surface area contributed by atoms with E-state index in [1.54, 1.807) is 30.3 Å². The molecule has 0 bridgehead atoms. The second-order valence-electron chi connectivity index (χ2n) is 5.20. The summed E-state index contributed by atoms with van der Waals surface area (Å²) < 4.78 is 5.25. The van der Waals surface area contributed by atoms with Gasteiger partial charge >= 0.3 is 0 Å². The third-order valence-corrected chi connectivity index (χ3v) is 4.13. The molecular formula is C19H22N2O3S. The Balaban J connectivity index is 2.03. The van der Waals surface area contributed by atoms with Crippen molar-refractivity contribution in [2.45, 2.75) is 13.3 Å². The van der Waals surface area contributed by atoms with E-state index < -0.39 is 0 Å². The summed E-state index contributed by atoms with van der Waals surface area (Å²) in [6, 6.07) is 12.6. The first kappa shape index (κ1) is 18.9. The van der Waals surface area contributed by atoms with Crippen molar-refractivity contribution >= 4 is 29.2 Å². The Hall–Kier alpha value is -2.44. The Bertz CT molecular complexity index is 697. The number of nitrogens with one attached hydrogen (secondary N) is 2. The molecule has 0 unspecified atom stereocenters. The lowest BCUT2D eigenvalue weighted by molar-refractivity contribution is -0.117. The number of hydrogen-bond acceptors (Lipinski definition) is 4. The predicted molar refractivity (Wildman–Crippen MR) is 100 cm³/mol. The lowest BCUT2D eigenvalue weighted by atomic mass is 10.2. The molecule has 0 aliphatic heterocycles. The van der Waals surface area contributed by atoms with E-state index in [2.05, 4.69) is 10.6 Å². The van der Waals surface area contributed by atoms with E-state index in [0.717, 1.165) is 11.3 Å². The van der Waals surface area contributed by atoms with Gasteiger partial charge in [0.2, 0.25) is 0 Å². The maximum Gasteiger partial charge on any atom is 0.267 e. The minimum atomic E-state index is -0.312. The van der Waals surface area contributed by atoms with Gasteiger partial charge in [0.25, 0.3) is 11.8 Å². The van der Waals surface area contributed by atoms with Crippen molar-refractivity contribution in [2.24, 2.45) is 0 Å². The van der Waals surface area contributed by atoms with Crippen molar-refractivity contribution in [2.75, 3.05) is 19.8 Å². The molecule has 0 saturated carbocycles. The van der Waals surface area contributed by atoms with Crippen molar-refractivity contribution in [1.29, 1.82) is 0 Å². The highest BCUT2D eigenvalue weighted by atomic mass is 32.1. The fraction of sp³-hybridized carbons (Fsp3) is 0.263. The van der Waals surface area contributed by atoms with Crippen molar-refractivity contribution < 1.29 is 14.3 Å². The number of carbonyl (C=O) groups is 2. The van der Waals surface area contributed by atoms with Crippen LogP contribution in [-0.4, -0.2) is 31.6 Å². The highest BCUT2D eigenvalue weighted by molar-refractivity contribution is 7.10. The molecule has 0 atom stereocenters. The van der Waals surface area contributed by atoms with Gasteiger partial charge in [-0.3, -0.25) is 9.59 Å². The van der Waals surface area contributed by atoms with Crippen molar-refractivity contribution in [3.05, 3.63) is 64.0 Å². The Kier molecular flexibility index (Phi) is 7.88. The average Bonchev–Trinajstić information content (AvgIpc) is 3.14. The largest absolute Gasteiger partial charge is 0.382 e. The molecule has 1 aromatic carbocycles. The smallest absolute Gasteiger partial charge is 0.267 e. The molecule has 0 aliphatic carbocycles. The van der Waals surface area contributed by atoms with Crippen molar-refractivity contribution in [1.82, 2.24) is 10.6 Å². The van der Waals surface area contributed by atoms with Crippen LogP contribution in [0.15, 0.2) is 53.5 Å². The maximum absolute atomic E-state index is 12.4.